The Balaban J connectivity index is 0.00000220. The molecule has 1 amide bonds. The summed E-state index contributed by atoms with van der Waals surface area (Å²) < 4.78 is 0. The summed E-state index contributed by atoms with van der Waals surface area (Å²) in [6.07, 6.45) is 5.81. The lowest BCUT2D eigenvalue weighted by atomic mass is 10.2. The first-order chi connectivity index (χ1) is 9.79. The number of anilines is 1. The number of hydrogen-bond acceptors (Lipinski definition) is 4. The molecule has 1 aliphatic heterocycles. The molecular formula is C15H26Cl2N4O. The molecule has 0 radical (unpaired) electrons. The standard InChI is InChI=1S/C15H24N4O.2ClH/c1-16-8-4-5-15(20)18-12-13-6-7-14(17-11-13)19-9-2-3-10-19;;/h6-7,11,16H,2-5,8-10,12H2,1H3,(H,18,20);2*1H. The van der Waals surface area contributed by atoms with Gasteiger partial charge in [0.2, 0.25) is 5.91 Å². The van der Waals surface area contributed by atoms with Gasteiger partial charge in [-0.05, 0) is 44.5 Å². The zero-order valence-corrected chi connectivity index (χ0v) is 14.6. The van der Waals surface area contributed by atoms with E-state index in [1.54, 1.807) is 0 Å². The van der Waals surface area contributed by atoms with Crippen LogP contribution in [0.5, 0.6) is 0 Å². The molecule has 5 nitrogen and oxygen atoms in total. The van der Waals surface area contributed by atoms with Crippen molar-refractivity contribution < 1.29 is 4.79 Å². The van der Waals surface area contributed by atoms with Gasteiger partial charge in [-0.2, -0.15) is 0 Å². The number of amides is 1. The van der Waals surface area contributed by atoms with Crippen LogP contribution < -0.4 is 15.5 Å². The number of nitrogens with zero attached hydrogens (tertiary/aromatic N) is 2. The summed E-state index contributed by atoms with van der Waals surface area (Å²) in [5, 5.41) is 5.96. The summed E-state index contributed by atoms with van der Waals surface area (Å²) in [5.74, 6) is 1.15. The van der Waals surface area contributed by atoms with Crippen LogP contribution in [0.4, 0.5) is 5.82 Å². The Morgan fingerprint density at radius 2 is 2.00 bits per heavy atom. The zero-order valence-electron chi connectivity index (χ0n) is 13.0. The molecule has 0 saturated carbocycles. The van der Waals surface area contributed by atoms with Crippen LogP contribution in [0.15, 0.2) is 18.3 Å². The molecule has 2 rings (SSSR count). The molecule has 0 bridgehead atoms. The van der Waals surface area contributed by atoms with E-state index < -0.39 is 0 Å². The fourth-order valence-corrected chi connectivity index (χ4v) is 2.37. The average Bonchev–Trinajstić information content (AvgIpc) is 3.00. The van der Waals surface area contributed by atoms with Crippen molar-refractivity contribution in [2.75, 3.05) is 31.6 Å². The molecule has 22 heavy (non-hydrogen) atoms. The highest BCUT2D eigenvalue weighted by Crippen LogP contribution is 2.17. The van der Waals surface area contributed by atoms with Gasteiger partial charge in [-0.1, -0.05) is 6.07 Å². The Kier molecular flexibility index (Phi) is 11.0. The third-order valence-electron chi connectivity index (χ3n) is 3.56. The molecule has 1 aromatic rings. The van der Waals surface area contributed by atoms with Crippen LogP contribution in [-0.4, -0.2) is 37.6 Å². The second kappa shape index (κ2) is 11.5. The van der Waals surface area contributed by atoms with Gasteiger partial charge in [0.25, 0.3) is 0 Å². The van der Waals surface area contributed by atoms with Crippen LogP contribution in [-0.2, 0) is 11.3 Å². The minimum absolute atomic E-state index is 0. The Labute approximate surface area is 145 Å². The highest BCUT2D eigenvalue weighted by molar-refractivity contribution is 5.85. The van der Waals surface area contributed by atoms with Gasteiger partial charge >= 0.3 is 0 Å². The van der Waals surface area contributed by atoms with E-state index in [1.807, 2.05) is 19.3 Å². The van der Waals surface area contributed by atoms with E-state index in [0.717, 1.165) is 37.4 Å². The second-order valence-electron chi connectivity index (χ2n) is 5.20. The minimum atomic E-state index is 0. The van der Waals surface area contributed by atoms with Crippen LogP contribution in [0.2, 0.25) is 0 Å². The number of aromatic nitrogens is 1. The van der Waals surface area contributed by atoms with E-state index in [-0.39, 0.29) is 30.7 Å². The Hall–Kier alpha value is -1.04. The van der Waals surface area contributed by atoms with Crippen molar-refractivity contribution in [1.82, 2.24) is 15.6 Å². The number of nitrogens with one attached hydrogen (secondary N) is 2. The molecule has 1 aliphatic rings. The summed E-state index contributed by atoms with van der Waals surface area (Å²) in [4.78, 5) is 18.4. The Bertz CT molecular complexity index is 422. The van der Waals surface area contributed by atoms with Crippen molar-refractivity contribution in [2.45, 2.75) is 32.2 Å². The average molecular weight is 349 g/mol. The van der Waals surface area contributed by atoms with E-state index in [4.69, 9.17) is 0 Å². The van der Waals surface area contributed by atoms with Crippen LogP contribution in [0.3, 0.4) is 0 Å². The van der Waals surface area contributed by atoms with Crippen molar-refractivity contribution in [3.63, 3.8) is 0 Å². The van der Waals surface area contributed by atoms with Crippen molar-refractivity contribution >= 4 is 36.5 Å². The maximum absolute atomic E-state index is 11.6. The van der Waals surface area contributed by atoms with E-state index >= 15 is 0 Å². The van der Waals surface area contributed by atoms with Crippen LogP contribution >= 0.6 is 24.8 Å². The molecule has 7 heteroatoms. The lowest BCUT2D eigenvalue weighted by molar-refractivity contribution is -0.121. The highest BCUT2D eigenvalue weighted by atomic mass is 35.5. The first-order valence-electron chi connectivity index (χ1n) is 7.41. The molecule has 1 aromatic heterocycles. The number of carbonyl (C=O) groups excluding carboxylic acids is 1. The van der Waals surface area contributed by atoms with Gasteiger partial charge < -0.3 is 15.5 Å². The summed E-state index contributed by atoms with van der Waals surface area (Å²) in [7, 11) is 1.89. The number of halogens is 2. The zero-order chi connectivity index (χ0) is 14.2. The monoisotopic (exact) mass is 348 g/mol. The lowest BCUT2D eigenvalue weighted by Crippen LogP contribution is -2.24. The summed E-state index contributed by atoms with van der Waals surface area (Å²) in [6.45, 7) is 3.65. The minimum Gasteiger partial charge on any atom is -0.357 e. The number of hydrogen-bond donors (Lipinski definition) is 2. The molecular weight excluding hydrogens is 323 g/mol. The maximum atomic E-state index is 11.6. The van der Waals surface area contributed by atoms with Crippen molar-refractivity contribution in [1.29, 1.82) is 0 Å². The molecule has 2 N–H and O–H groups in total. The Morgan fingerprint density at radius 3 is 2.59 bits per heavy atom. The second-order valence-corrected chi connectivity index (χ2v) is 5.20. The van der Waals surface area contributed by atoms with Gasteiger partial charge in [0.1, 0.15) is 5.82 Å². The molecule has 0 spiro atoms. The van der Waals surface area contributed by atoms with Crippen LogP contribution in [0, 0.1) is 0 Å². The predicted molar refractivity (Wildman–Crippen MR) is 95.2 cm³/mol. The quantitative estimate of drug-likeness (QED) is 0.741. The van der Waals surface area contributed by atoms with E-state index in [1.165, 1.54) is 12.8 Å². The number of rotatable bonds is 7. The van der Waals surface area contributed by atoms with E-state index in [2.05, 4.69) is 26.6 Å². The number of pyridine rings is 1. The molecule has 0 aliphatic carbocycles. The van der Waals surface area contributed by atoms with Gasteiger partial charge in [-0.15, -0.1) is 24.8 Å². The van der Waals surface area contributed by atoms with Gasteiger partial charge in [-0.3, -0.25) is 4.79 Å². The summed E-state index contributed by atoms with van der Waals surface area (Å²) in [5.41, 5.74) is 1.05. The molecule has 0 atom stereocenters. The SMILES string of the molecule is CNCCCC(=O)NCc1ccc(N2CCCC2)nc1.Cl.Cl. The first kappa shape index (κ1) is 21.0. The third kappa shape index (κ3) is 6.81. The smallest absolute Gasteiger partial charge is 0.220 e. The third-order valence-corrected chi connectivity index (χ3v) is 3.56. The molecule has 126 valence electrons. The van der Waals surface area contributed by atoms with Gasteiger partial charge in [0, 0.05) is 32.3 Å². The predicted octanol–water partition coefficient (Wildman–Crippen LogP) is 2.14. The van der Waals surface area contributed by atoms with Gasteiger partial charge in [-0.25, -0.2) is 4.98 Å². The summed E-state index contributed by atoms with van der Waals surface area (Å²) in [6, 6.07) is 4.10. The molecule has 0 unspecified atom stereocenters. The highest BCUT2D eigenvalue weighted by Gasteiger charge is 2.12. The van der Waals surface area contributed by atoms with Crippen molar-refractivity contribution in [3.8, 4) is 0 Å². The van der Waals surface area contributed by atoms with Gasteiger partial charge in [0.05, 0.1) is 0 Å². The first-order valence-corrected chi connectivity index (χ1v) is 7.41. The molecule has 0 aromatic carbocycles. The largest absolute Gasteiger partial charge is 0.357 e. The molecule has 1 saturated heterocycles. The molecule has 1 fully saturated rings. The van der Waals surface area contributed by atoms with Crippen LogP contribution in [0.1, 0.15) is 31.2 Å². The van der Waals surface area contributed by atoms with Crippen molar-refractivity contribution in [3.05, 3.63) is 23.9 Å². The fraction of sp³-hybridized carbons (Fsp3) is 0.600. The van der Waals surface area contributed by atoms with Crippen LogP contribution in [0.25, 0.3) is 0 Å². The normalized spacial score (nSPS) is 13.2. The molecule has 2 heterocycles. The van der Waals surface area contributed by atoms with Gasteiger partial charge in [0.15, 0.2) is 0 Å². The topological polar surface area (TPSA) is 57.3 Å². The fourth-order valence-electron chi connectivity index (χ4n) is 2.37. The summed E-state index contributed by atoms with van der Waals surface area (Å²) >= 11 is 0. The number of carbonyl (C=O) groups is 1. The Morgan fingerprint density at radius 1 is 1.27 bits per heavy atom. The van der Waals surface area contributed by atoms with Crippen molar-refractivity contribution in [2.24, 2.45) is 0 Å². The lowest BCUT2D eigenvalue weighted by Gasteiger charge is -2.16. The van der Waals surface area contributed by atoms with E-state index in [0.29, 0.717) is 13.0 Å². The maximum Gasteiger partial charge on any atom is 0.220 e. The van der Waals surface area contributed by atoms with E-state index in [9.17, 15) is 4.79 Å².